The van der Waals surface area contributed by atoms with Gasteiger partial charge < -0.3 is 18.9 Å². The van der Waals surface area contributed by atoms with E-state index in [-0.39, 0.29) is 31.6 Å². The molecule has 2 aromatic rings. The topological polar surface area (TPSA) is 204 Å². The van der Waals surface area contributed by atoms with E-state index in [1.54, 1.807) is 24.3 Å². The van der Waals surface area contributed by atoms with Crippen molar-refractivity contribution in [1.29, 1.82) is 0 Å². The summed E-state index contributed by atoms with van der Waals surface area (Å²) in [5.74, 6) is -2.03. The summed E-state index contributed by atoms with van der Waals surface area (Å²) in [5, 5.41) is 4.25. The van der Waals surface area contributed by atoms with E-state index < -0.39 is 68.2 Å². The molecule has 0 amide bonds. The quantitative estimate of drug-likeness (QED) is 0.0472. The number of hydrogen-bond donors (Lipinski definition) is 0. The molecule has 0 N–H and O–H groups in total. The van der Waals surface area contributed by atoms with Gasteiger partial charge in [-0.15, -0.1) is 0 Å². The SMILES string of the molecule is CCCCC(=O)Oc1ccn([C@@H]2O[C@@](COP3(=O)OCC[C@@H](c4cccc(Cl)c4)O3)(N=[N+]=[N-])[C@@H](OC(=O)CCCC)[C@H]2OC(=O)CCCC)c(=O)c1. The fourth-order valence-corrected chi connectivity index (χ4v) is 7.14. The van der Waals surface area contributed by atoms with E-state index in [9.17, 15) is 29.3 Å². The molecule has 0 saturated carbocycles. The van der Waals surface area contributed by atoms with Crippen LogP contribution < -0.4 is 10.3 Å². The second-order valence-corrected chi connectivity index (χ2v) is 14.3. The molecule has 284 valence electrons. The van der Waals surface area contributed by atoms with Crippen LogP contribution in [0.3, 0.4) is 0 Å². The van der Waals surface area contributed by atoms with E-state index in [2.05, 4.69) is 10.0 Å². The van der Waals surface area contributed by atoms with Gasteiger partial charge in [0.15, 0.2) is 18.4 Å². The van der Waals surface area contributed by atoms with Gasteiger partial charge >= 0.3 is 25.7 Å². The molecule has 1 aromatic carbocycles. The first kappa shape index (κ1) is 41.0. The number of pyridine rings is 1. The first-order valence-corrected chi connectivity index (χ1v) is 19.2. The Morgan fingerprint density at radius 3 is 2.33 bits per heavy atom. The lowest BCUT2D eigenvalue weighted by Crippen LogP contribution is -2.49. The van der Waals surface area contributed by atoms with Crippen molar-refractivity contribution in [2.75, 3.05) is 13.2 Å². The molecular weight excluding hydrogens is 723 g/mol. The van der Waals surface area contributed by atoms with Crippen molar-refractivity contribution in [2.24, 2.45) is 5.11 Å². The van der Waals surface area contributed by atoms with E-state index in [4.69, 9.17) is 44.1 Å². The van der Waals surface area contributed by atoms with Crippen LogP contribution in [0.4, 0.5) is 0 Å². The molecule has 4 rings (SSSR count). The summed E-state index contributed by atoms with van der Waals surface area (Å²) >= 11 is 6.15. The first-order valence-electron chi connectivity index (χ1n) is 17.3. The summed E-state index contributed by atoms with van der Waals surface area (Å²) in [6, 6.07) is 9.12. The van der Waals surface area contributed by atoms with Gasteiger partial charge in [0.2, 0.25) is 5.72 Å². The Kier molecular flexibility index (Phi) is 15.3. The molecule has 1 unspecified atom stereocenters. The van der Waals surface area contributed by atoms with Crippen molar-refractivity contribution < 1.29 is 51.5 Å². The predicted octanol–water partition coefficient (Wildman–Crippen LogP) is 7.64. The maximum atomic E-state index is 13.9. The number of phosphoric acid groups is 1. The molecule has 0 spiro atoms. The minimum atomic E-state index is -4.41. The van der Waals surface area contributed by atoms with Gasteiger partial charge in [-0.25, -0.2) is 4.57 Å². The lowest BCUT2D eigenvalue weighted by molar-refractivity contribution is -0.173. The standard InChI is InChI=1S/C34H44ClN4O12P/c1-4-7-13-28(41)47-25-16-18-39(27(40)21-25)33-31(48-29(42)14-8-5-2)32(49-30(43)15-9-6-3)34(50-33,37-38-36)22-46-52(44)45-19-17-26(51-52)23-11-10-12-24(35)20-23/h10-12,16,18,20-21,26,31-33H,4-9,13-15,17,19,22H2,1-3H3/t26-,31+,32-,33+,34+,52?/m0/s1. The number of aromatic nitrogens is 1. The zero-order valence-corrected chi connectivity index (χ0v) is 31.0. The first-order chi connectivity index (χ1) is 25.0. The Morgan fingerprint density at radius 1 is 1.02 bits per heavy atom. The van der Waals surface area contributed by atoms with Crippen LogP contribution in [0.2, 0.25) is 5.02 Å². The minimum Gasteiger partial charge on any atom is -0.455 e. The van der Waals surface area contributed by atoms with E-state index in [0.29, 0.717) is 49.1 Å². The van der Waals surface area contributed by atoms with Crippen LogP contribution in [-0.2, 0) is 46.7 Å². The van der Waals surface area contributed by atoms with Gasteiger partial charge in [0.1, 0.15) is 5.75 Å². The third-order valence-electron chi connectivity index (χ3n) is 8.25. The Hall–Kier alpha value is -3.75. The molecule has 2 fully saturated rings. The molecule has 0 aliphatic carbocycles. The Balaban J connectivity index is 1.73. The number of carbonyl (C=O) groups is 3. The monoisotopic (exact) mass is 766 g/mol. The fraction of sp³-hybridized carbons (Fsp3) is 0.588. The van der Waals surface area contributed by atoms with Crippen molar-refractivity contribution in [1.82, 2.24) is 4.57 Å². The van der Waals surface area contributed by atoms with Crippen LogP contribution in [0.15, 0.2) is 52.5 Å². The van der Waals surface area contributed by atoms with Gasteiger partial charge in [0.05, 0.1) is 19.3 Å². The van der Waals surface area contributed by atoms with Gasteiger partial charge in [-0.1, -0.05) is 68.9 Å². The molecule has 52 heavy (non-hydrogen) atoms. The van der Waals surface area contributed by atoms with Gasteiger partial charge in [-0.2, -0.15) is 0 Å². The summed E-state index contributed by atoms with van der Waals surface area (Å²) in [6.07, 6.45) is -0.386. The second kappa shape index (κ2) is 19.4. The maximum Gasteiger partial charge on any atom is 0.475 e. The number of carbonyl (C=O) groups excluding carboxylic acids is 3. The number of azide groups is 1. The number of esters is 3. The number of rotatable bonds is 18. The Bertz CT molecular complexity index is 1720. The predicted molar refractivity (Wildman–Crippen MR) is 186 cm³/mol. The average Bonchev–Trinajstić information content (AvgIpc) is 3.39. The lowest BCUT2D eigenvalue weighted by Gasteiger charge is -2.33. The van der Waals surface area contributed by atoms with Crippen molar-refractivity contribution in [3.63, 3.8) is 0 Å². The molecule has 18 heteroatoms. The van der Waals surface area contributed by atoms with Gasteiger partial charge in [-0.05, 0) is 48.6 Å². The number of hydrogen-bond acceptors (Lipinski definition) is 13. The van der Waals surface area contributed by atoms with Crippen molar-refractivity contribution in [3.8, 4) is 5.75 Å². The Labute approximate surface area is 306 Å². The zero-order valence-electron chi connectivity index (χ0n) is 29.3. The molecule has 2 saturated heterocycles. The lowest BCUT2D eigenvalue weighted by atomic mass is 10.0. The van der Waals surface area contributed by atoms with E-state index in [0.717, 1.165) is 17.1 Å². The molecule has 1 aromatic heterocycles. The summed E-state index contributed by atoms with van der Waals surface area (Å²) in [5.41, 5.74) is 7.28. The molecule has 0 bridgehead atoms. The number of nitrogens with zero attached hydrogens (tertiary/aromatic N) is 4. The normalized spacial score (nSPS) is 25.5. The number of unbranched alkanes of at least 4 members (excludes halogenated alkanes) is 3. The number of halogens is 1. The summed E-state index contributed by atoms with van der Waals surface area (Å²) in [4.78, 5) is 54.9. The smallest absolute Gasteiger partial charge is 0.455 e. The van der Waals surface area contributed by atoms with Crippen molar-refractivity contribution in [3.05, 3.63) is 74.0 Å². The number of benzene rings is 1. The van der Waals surface area contributed by atoms with Crippen molar-refractivity contribution >= 4 is 37.3 Å². The zero-order chi connectivity index (χ0) is 37.7. The number of phosphoric ester groups is 1. The van der Waals surface area contributed by atoms with Crippen LogP contribution in [-0.4, -0.2) is 53.6 Å². The summed E-state index contributed by atoms with van der Waals surface area (Å²) in [6.45, 7) is 4.74. The highest BCUT2D eigenvalue weighted by Crippen LogP contribution is 2.58. The highest BCUT2D eigenvalue weighted by molar-refractivity contribution is 7.48. The largest absolute Gasteiger partial charge is 0.475 e. The van der Waals surface area contributed by atoms with Gasteiger partial charge in [0.25, 0.3) is 5.56 Å². The molecule has 6 atom stereocenters. The highest BCUT2D eigenvalue weighted by Gasteiger charge is 2.61. The van der Waals surface area contributed by atoms with Crippen LogP contribution in [0.5, 0.6) is 5.75 Å². The van der Waals surface area contributed by atoms with Crippen LogP contribution in [0, 0.1) is 0 Å². The average molecular weight is 767 g/mol. The molecule has 0 radical (unpaired) electrons. The molecule has 2 aliphatic rings. The molecule has 2 aliphatic heterocycles. The van der Waals surface area contributed by atoms with Crippen LogP contribution in [0.25, 0.3) is 10.4 Å². The maximum absolute atomic E-state index is 13.9. The van der Waals surface area contributed by atoms with E-state index in [1.807, 2.05) is 20.8 Å². The highest BCUT2D eigenvalue weighted by atomic mass is 35.5. The summed E-state index contributed by atoms with van der Waals surface area (Å²) in [7, 11) is -4.41. The molecule has 3 heterocycles. The van der Waals surface area contributed by atoms with E-state index in [1.165, 1.54) is 12.3 Å². The van der Waals surface area contributed by atoms with Crippen LogP contribution >= 0.6 is 19.4 Å². The fourth-order valence-electron chi connectivity index (χ4n) is 5.53. The third-order valence-corrected chi connectivity index (χ3v) is 9.95. The number of ether oxygens (including phenoxy) is 4. The molecule has 16 nitrogen and oxygen atoms in total. The third kappa shape index (κ3) is 10.9. The van der Waals surface area contributed by atoms with Gasteiger partial charge in [-0.3, -0.25) is 37.3 Å². The Morgan fingerprint density at radius 2 is 1.69 bits per heavy atom. The van der Waals surface area contributed by atoms with Crippen LogP contribution in [0.1, 0.15) is 103 Å². The van der Waals surface area contributed by atoms with Gasteiger partial charge in [0, 0.05) is 47.9 Å². The summed E-state index contributed by atoms with van der Waals surface area (Å²) < 4.78 is 55.0. The van der Waals surface area contributed by atoms with E-state index >= 15 is 0 Å². The molecular formula is C34H44ClN4O12P. The second-order valence-electron chi connectivity index (χ2n) is 12.3. The van der Waals surface area contributed by atoms with Crippen molar-refractivity contribution in [2.45, 2.75) is 115 Å². The minimum absolute atomic E-state index is 0.0233.